The smallest absolute Gasteiger partial charge is 0.217 e. The molecule has 1 unspecified atom stereocenters. The maximum atomic E-state index is 11.3. The third-order valence-corrected chi connectivity index (χ3v) is 5.21. The highest BCUT2D eigenvalue weighted by molar-refractivity contribution is 14.0. The monoisotopic (exact) mass is 522 g/mol. The lowest BCUT2D eigenvalue weighted by Gasteiger charge is -2.34. The van der Waals surface area contributed by atoms with Crippen LogP contribution in [0.4, 0.5) is 0 Å². The van der Waals surface area contributed by atoms with Crippen molar-refractivity contribution in [2.75, 3.05) is 20.1 Å². The molecule has 1 heterocycles. The molecule has 0 aliphatic carbocycles. The number of hydrogen-bond acceptors (Lipinski definition) is 3. The molecule has 0 spiro atoms. The minimum absolute atomic E-state index is 0. The lowest BCUT2D eigenvalue weighted by atomic mass is 9.95. The number of para-hydroxylation sites is 1. The SMILES string of the molecule is CN=C(NCc1ccccc1COc1ccccc1)N1CCCC(CC(N)=O)C1.I. The third-order valence-electron chi connectivity index (χ3n) is 5.21. The number of carbonyl (C=O) groups excluding carboxylic acids is 1. The molecule has 0 bridgehead atoms. The first-order valence-electron chi connectivity index (χ1n) is 10.1. The van der Waals surface area contributed by atoms with Gasteiger partial charge in [0.25, 0.3) is 0 Å². The number of amides is 1. The van der Waals surface area contributed by atoms with E-state index in [2.05, 4.69) is 27.3 Å². The molecular weight excluding hydrogens is 491 g/mol. The average Bonchev–Trinajstić information content (AvgIpc) is 2.74. The van der Waals surface area contributed by atoms with Gasteiger partial charge in [-0.05, 0) is 42.0 Å². The van der Waals surface area contributed by atoms with Crippen molar-refractivity contribution in [3.8, 4) is 5.75 Å². The Bertz CT molecular complexity index is 829. The summed E-state index contributed by atoms with van der Waals surface area (Å²) in [4.78, 5) is 17.9. The summed E-state index contributed by atoms with van der Waals surface area (Å²) in [6, 6.07) is 18.1. The zero-order valence-corrected chi connectivity index (χ0v) is 19.8. The average molecular weight is 522 g/mol. The van der Waals surface area contributed by atoms with Crippen molar-refractivity contribution in [1.82, 2.24) is 10.2 Å². The van der Waals surface area contributed by atoms with Crippen molar-refractivity contribution in [2.45, 2.75) is 32.4 Å². The van der Waals surface area contributed by atoms with Crippen LogP contribution in [0.2, 0.25) is 0 Å². The quantitative estimate of drug-likeness (QED) is 0.331. The topological polar surface area (TPSA) is 80.0 Å². The molecule has 2 aromatic rings. The van der Waals surface area contributed by atoms with E-state index < -0.39 is 0 Å². The van der Waals surface area contributed by atoms with Gasteiger partial charge in [-0.2, -0.15) is 0 Å². The number of carbonyl (C=O) groups is 1. The summed E-state index contributed by atoms with van der Waals surface area (Å²) in [7, 11) is 1.80. The highest BCUT2D eigenvalue weighted by Gasteiger charge is 2.23. The first-order valence-corrected chi connectivity index (χ1v) is 10.1. The van der Waals surface area contributed by atoms with Gasteiger partial charge in [0.1, 0.15) is 12.4 Å². The van der Waals surface area contributed by atoms with Crippen molar-refractivity contribution in [3.63, 3.8) is 0 Å². The van der Waals surface area contributed by atoms with Crippen molar-refractivity contribution in [1.29, 1.82) is 0 Å². The van der Waals surface area contributed by atoms with Gasteiger partial charge in [0, 0.05) is 33.1 Å². The molecule has 6 nitrogen and oxygen atoms in total. The molecule has 1 saturated heterocycles. The summed E-state index contributed by atoms with van der Waals surface area (Å²) in [5.74, 6) is 1.79. The van der Waals surface area contributed by atoms with E-state index in [-0.39, 0.29) is 29.9 Å². The van der Waals surface area contributed by atoms with E-state index in [1.807, 2.05) is 42.5 Å². The zero-order chi connectivity index (χ0) is 20.5. The number of hydrogen-bond donors (Lipinski definition) is 2. The summed E-state index contributed by atoms with van der Waals surface area (Å²) in [6.07, 6.45) is 2.52. The largest absolute Gasteiger partial charge is 0.489 e. The first kappa shape index (κ1) is 24.0. The molecule has 0 saturated carbocycles. The molecule has 2 aromatic carbocycles. The molecule has 162 valence electrons. The van der Waals surface area contributed by atoms with E-state index in [0.29, 0.717) is 25.5 Å². The maximum absolute atomic E-state index is 11.3. The van der Waals surface area contributed by atoms with E-state index in [9.17, 15) is 4.79 Å². The number of likely N-dealkylation sites (tertiary alicyclic amines) is 1. The summed E-state index contributed by atoms with van der Waals surface area (Å²) in [5, 5.41) is 3.47. The van der Waals surface area contributed by atoms with Crippen LogP contribution in [0.15, 0.2) is 59.6 Å². The van der Waals surface area contributed by atoms with Gasteiger partial charge in [-0.3, -0.25) is 9.79 Å². The number of primary amides is 1. The van der Waals surface area contributed by atoms with Crippen LogP contribution in [0.25, 0.3) is 0 Å². The predicted molar refractivity (Wildman–Crippen MR) is 131 cm³/mol. The van der Waals surface area contributed by atoms with Crippen LogP contribution in [-0.2, 0) is 17.9 Å². The van der Waals surface area contributed by atoms with Crippen LogP contribution in [0, 0.1) is 5.92 Å². The second-order valence-corrected chi connectivity index (χ2v) is 7.40. The Morgan fingerprint density at radius 2 is 1.87 bits per heavy atom. The number of benzene rings is 2. The lowest BCUT2D eigenvalue weighted by Crippen LogP contribution is -2.47. The normalized spacial score (nSPS) is 16.5. The number of ether oxygens (including phenoxy) is 1. The Hall–Kier alpha value is -2.29. The van der Waals surface area contributed by atoms with E-state index in [0.717, 1.165) is 43.2 Å². The van der Waals surface area contributed by atoms with Gasteiger partial charge in [0.05, 0.1) is 0 Å². The van der Waals surface area contributed by atoms with Crippen LogP contribution < -0.4 is 15.8 Å². The summed E-state index contributed by atoms with van der Waals surface area (Å²) >= 11 is 0. The molecule has 0 radical (unpaired) electrons. The van der Waals surface area contributed by atoms with Crippen molar-refractivity contribution >= 4 is 35.8 Å². The highest BCUT2D eigenvalue weighted by Crippen LogP contribution is 2.20. The number of nitrogens with one attached hydrogen (secondary N) is 1. The van der Waals surface area contributed by atoms with E-state index in [1.165, 1.54) is 5.56 Å². The van der Waals surface area contributed by atoms with Crippen molar-refractivity contribution < 1.29 is 9.53 Å². The highest BCUT2D eigenvalue weighted by atomic mass is 127. The maximum Gasteiger partial charge on any atom is 0.217 e. The first-order chi connectivity index (χ1) is 14.2. The molecule has 1 atom stereocenters. The molecule has 7 heteroatoms. The second kappa shape index (κ2) is 12.4. The number of rotatable bonds is 7. The summed E-state index contributed by atoms with van der Waals surface area (Å²) in [5.41, 5.74) is 7.70. The fourth-order valence-corrected chi connectivity index (χ4v) is 3.76. The Balaban J connectivity index is 0.00000320. The van der Waals surface area contributed by atoms with Crippen LogP contribution in [0.1, 0.15) is 30.4 Å². The summed E-state index contributed by atoms with van der Waals surface area (Å²) in [6.45, 7) is 2.93. The van der Waals surface area contributed by atoms with Crippen LogP contribution in [-0.4, -0.2) is 36.9 Å². The minimum atomic E-state index is -0.230. The van der Waals surface area contributed by atoms with Gasteiger partial charge in [-0.15, -0.1) is 24.0 Å². The lowest BCUT2D eigenvalue weighted by molar-refractivity contribution is -0.119. The number of piperidine rings is 1. The Labute approximate surface area is 195 Å². The molecule has 3 N–H and O–H groups in total. The molecule has 0 aromatic heterocycles. The molecule has 1 amide bonds. The number of guanidine groups is 1. The van der Waals surface area contributed by atoms with Gasteiger partial charge in [0.15, 0.2) is 5.96 Å². The number of nitrogens with two attached hydrogens (primary N) is 1. The second-order valence-electron chi connectivity index (χ2n) is 7.40. The molecule has 3 rings (SSSR count). The van der Waals surface area contributed by atoms with Crippen molar-refractivity contribution in [3.05, 3.63) is 65.7 Å². The van der Waals surface area contributed by atoms with Crippen LogP contribution in [0.3, 0.4) is 0 Å². The molecular formula is C23H31IN4O2. The molecule has 1 aliphatic rings. The van der Waals surface area contributed by atoms with Gasteiger partial charge >= 0.3 is 0 Å². The van der Waals surface area contributed by atoms with Gasteiger partial charge in [0.2, 0.25) is 5.91 Å². The Kier molecular flexibility index (Phi) is 9.93. The van der Waals surface area contributed by atoms with Crippen LogP contribution >= 0.6 is 24.0 Å². The number of halogens is 1. The Morgan fingerprint density at radius 3 is 2.57 bits per heavy atom. The Morgan fingerprint density at radius 1 is 1.17 bits per heavy atom. The third kappa shape index (κ3) is 7.19. The number of aliphatic imine (C=N–C) groups is 1. The van der Waals surface area contributed by atoms with Crippen LogP contribution in [0.5, 0.6) is 5.75 Å². The minimum Gasteiger partial charge on any atom is -0.489 e. The van der Waals surface area contributed by atoms with Gasteiger partial charge in [-0.25, -0.2) is 0 Å². The predicted octanol–water partition coefficient (Wildman–Crippen LogP) is 3.55. The zero-order valence-electron chi connectivity index (χ0n) is 17.4. The van der Waals surface area contributed by atoms with Crippen molar-refractivity contribution in [2.24, 2.45) is 16.6 Å². The van der Waals surface area contributed by atoms with E-state index in [1.54, 1.807) is 7.05 Å². The molecule has 30 heavy (non-hydrogen) atoms. The van der Waals surface area contributed by atoms with Gasteiger partial charge < -0.3 is 20.7 Å². The standard InChI is InChI=1S/C23H30N4O2.HI/c1-25-23(27-13-7-8-18(16-27)14-22(24)28)26-15-19-9-5-6-10-20(19)17-29-21-11-3-2-4-12-21;/h2-6,9-12,18H,7-8,13-17H2,1H3,(H2,24,28)(H,25,26);1H. The molecule has 1 aliphatic heterocycles. The summed E-state index contributed by atoms with van der Waals surface area (Å²) < 4.78 is 5.92. The fraction of sp³-hybridized carbons (Fsp3) is 0.391. The van der Waals surface area contributed by atoms with Gasteiger partial charge in [-0.1, -0.05) is 42.5 Å². The van der Waals surface area contributed by atoms with E-state index in [4.69, 9.17) is 10.5 Å². The molecule has 1 fully saturated rings. The fourth-order valence-electron chi connectivity index (χ4n) is 3.76. The number of nitrogens with zero attached hydrogens (tertiary/aromatic N) is 2. The van der Waals surface area contributed by atoms with E-state index >= 15 is 0 Å².